The van der Waals surface area contributed by atoms with Gasteiger partial charge in [0.25, 0.3) is 0 Å². The molecule has 0 bridgehead atoms. The summed E-state index contributed by atoms with van der Waals surface area (Å²) in [6.07, 6.45) is 7.12. The predicted molar refractivity (Wildman–Crippen MR) is 91.1 cm³/mol. The molecule has 2 atom stereocenters. The maximum atomic E-state index is 5.61. The van der Waals surface area contributed by atoms with E-state index in [0.717, 1.165) is 39.4 Å². The van der Waals surface area contributed by atoms with Gasteiger partial charge in [0.1, 0.15) is 6.17 Å². The van der Waals surface area contributed by atoms with Crippen molar-refractivity contribution in [2.45, 2.75) is 44.1 Å². The summed E-state index contributed by atoms with van der Waals surface area (Å²) in [4.78, 5) is 8.13. The van der Waals surface area contributed by atoms with Crippen LogP contribution < -0.4 is 10.6 Å². The highest BCUT2D eigenvalue weighted by molar-refractivity contribution is 5.03. The topological polar surface area (TPSA) is 43.0 Å². The van der Waals surface area contributed by atoms with Crippen LogP contribution in [0.2, 0.25) is 0 Å². The van der Waals surface area contributed by atoms with Crippen molar-refractivity contribution in [2.75, 3.05) is 65.6 Å². The summed E-state index contributed by atoms with van der Waals surface area (Å²) < 4.78 is 5.61. The summed E-state index contributed by atoms with van der Waals surface area (Å²) in [5, 5.41) is 7.88. The second kappa shape index (κ2) is 7.33. The average molecular weight is 323 g/mol. The molecular weight excluding hydrogens is 290 g/mol. The molecule has 2 N–H and O–H groups in total. The first-order valence-corrected chi connectivity index (χ1v) is 9.71. The SMILES string of the molecule is C1CCN(C2(N3CCCC3)NCCNC2N2CCOCC2)CC1. The molecule has 23 heavy (non-hydrogen) atoms. The molecule has 4 heterocycles. The maximum absolute atomic E-state index is 5.61. The lowest BCUT2D eigenvalue weighted by molar-refractivity contribution is -0.166. The van der Waals surface area contributed by atoms with Gasteiger partial charge in [0.2, 0.25) is 0 Å². The Morgan fingerprint density at radius 3 is 2.00 bits per heavy atom. The lowest BCUT2D eigenvalue weighted by atomic mass is 10.0. The first kappa shape index (κ1) is 16.2. The van der Waals surface area contributed by atoms with Crippen LogP contribution in [0.4, 0.5) is 0 Å². The number of morpholine rings is 1. The van der Waals surface area contributed by atoms with Crippen molar-refractivity contribution in [2.24, 2.45) is 0 Å². The fraction of sp³-hybridized carbons (Fsp3) is 1.00. The van der Waals surface area contributed by atoms with E-state index in [1.807, 2.05) is 0 Å². The van der Waals surface area contributed by atoms with E-state index < -0.39 is 0 Å². The summed E-state index contributed by atoms with van der Waals surface area (Å²) >= 11 is 0. The Morgan fingerprint density at radius 1 is 0.739 bits per heavy atom. The van der Waals surface area contributed by atoms with E-state index in [9.17, 15) is 0 Å². The van der Waals surface area contributed by atoms with Crippen molar-refractivity contribution in [1.29, 1.82) is 0 Å². The third kappa shape index (κ3) is 3.05. The van der Waals surface area contributed by atoms with Gasteiger partial charge < -0.3 is 4.74 Å². The highest BCUT2D eigenvalue weighted by Gasteiger charge is 2.52. The first-order valence-electron chi connectivity index (χ1n) is 9.71. The molecule has 6 nitrogen and oxygen atoms in total. The van der Waals surface area contributed by atoms with Crippen LogP contribution in [0.15, 0.2) is 0 Å². The minimum Gasteiger partial charge on any atom is -0.379 e. The van der Waals surface area contributed by atoms with Gasteiger partial charge in [-0.2, -0.15) is 0 Å². The Labute approximate surface area is 140 Å². The number of hydrogen-bond acceptors (Lipinski definition) is 6. The zero-order chi connectivity index (χ0) is 15.5. The second-order valence-corrected chi connectivity index (χ2v) is 7.40. The molecule has 6 heteroatoms. The van der Waals surface area contributed by atoms with E-state index in [-0.39, 0.29) is 5.79 Å². The fourth-order valence-electron chi connectivity index (χ4n) is 4.98. The van der Waals surface area contributed by atoms with Crippen molar-refractivity contribution in [3.05, 3.63) is 0 Å². The normalized spacial score (nSPS) is 38.9. The Kier molecular flexibility index (Phi) is 5.18. The van der Waals surface area contributed by atoms with Crippen LogP contribution in [0.5, 0.6) is 0 Å². The van der Waals surface area contributed by atoms with Gasteiger partial charge in [0.05, 0.1) is 13.2 Å². The smallest absolute Gasteiger partial charge is 0.158 e. The van der Waals surface area contributed by atoms with Crippen LogP contribution in [0.3, 0.4) is 0 Å². The Bertz CT molecular complexity index is 377. The lowest BCUT2D eigenvalue weighted by Gasteiger charge is -2.59. The van der Waals surface area contributed by atoms with Crippen LogP contribution >= 0.6 is 0 Å². The summed E-state index contributed by atoms with van der Waals surface area (Å²) in [5.41, 5.74) is 0. The molecule has 0 amide bonds. The van der Waals surface area contributed by atoms with Crippen LogP contribution in [-0.4, -0.2) is 92.2 Å². The molecule has 0 saturated carbocycles. The number of likely N-dealkylation sites (tertiary alicyclic amines) is 2. The third-order valence-corrected chi connectivity index (χ3v) is 6.07. The predicted octanol–water partition coefficient (Wildman–Crippen LogP) is 0.0730. The van der Waals surface area contributed by atoms with Crippen molar-refractivity contribution < 1.29 is 4.74 Å². The first-order chi connectivity index (χ1) is 11.4. The highest BCUT2D eigenvalue weighted by atomic mass is 16.5. The Morgan fingerprint density at radius 2 is 1.35 bits per heavy atom. The number of nitrogens with one attached hydrogen (secondary N) is 2. The summed E-state index contributed by atoms with van der Waals surface area (Å²) in [5.74, 6) is -0.0213. The van der Waals surface area contributed by atoms with E-state index in [4.69, 9.17) is 4.74 Å². The monoisotopic (exact) mass is 323 g/mol. The van der Waals surface area contributed by atoms with Gasteiger partial charge >= 0.3 is 0 Å². The van der Waals surface area contributed by atoms with Crippen molar-refractivity contribution in [3.8, 4) is 0 Å². The molecule has 0 radical (unpaired) electrons. The number of ether oxygens (including phenoxy) is 1. The van der Waals surface area contributed by atoms with Gasteiger partial charge in [-0.3, -0.25) is 25.3 Å². The van der Waals surface area contributed by atoms with Gasteiger partial charge in [0, 0.05) is 52.4 Å². The molecule has 4 fully saturated rings. The molecule has 0 aromatic heterocycles. The van der Waals surface area contributed by atoms with E-state index in [2.05, 4.69) is 25.3 Å². The molecule has 0 aliphatic carbocycles. The molecule has 4 rings (SSSR count). The van der Waals surface area contributed by atoms with Crippen LogP contribution in [0.25, 0.3) is 0 Å². The molecule has 0 aromatic rings. The minimum absolute atomic E-state index is 0.0213. The number of piperazine rings is 1. The molecule has 4 aliphatic rings. The van der Waals surface area contributed by atoms with Crippen LogP contribution in [0.1, 0.15) is 32.1 Å². The average Bonchev–Trinajstić information content (AvgIpc) is 3.18. The van der Waals surface area contributed by atoms with Crippen LogP contribution in [0, 0.1) is 0 Å². The van der Waals surface area contributed by atoms with Crippen molar-refractivity contribution >= 4 is 0 Å². The van der Waals surface area contributed by atoms with Gasteiger partial charge in [-0.25, -0.2) is 0 Å². The van der Waals surface area contributed by atoms with E-state index in [0.29, 0.717) is 6.17 Å². The molecular formula is C17H33N5O. The third-order valence-electron chi connectivity index (χ3n) is 6.07. The van der Waals surface area contributed by atoms with E-state index >= 15 is 0 Å². The Hall–Kier alpha value is -0.240. The van der Waals surface area contributed by atoms with Crippen molar-refractivity contribution in [3.63, 3.8) is 0 Å². The van der Waals surface area contributed by atoms with Crippen LogP contribution in [-0.2, 0) is 4.74 Å². The Balaban J connectivity index is 1.64. The number of piperidine rings is 1. The second-order valence-electron chi connectivity index (χ2n) is 7.40. The number of rotatable bonds is 3. The van der Waals surface area contributed by atoms with E-state index in [1.54, 1.807) is 0 Å². The largest absolute Gasteiger partial charge is 0.379 e. The summed E-state index contributed by atoms with van der Waals surface area (Å²) in [6, 6.07) is 0. The highest BCUT2D eigenvalue weighted by Crippen LogP contribution is 2.32. The molecule has 0 aromatic carbocycles. The quantitative estimate of drug-likeness (QED) is 0.766. The van der Waals surface area contributed by atoms with Gasteiger partial charge in [-0.1, -0.05) is 6.42 Å². The number of hydrogen-bond donors (Lipinski definition) is 2. The molecule has 132 valence electrons. The van der Waals surface area contributed by atoms with Crippen molar-refractivity contribution in [1.82, 2.24) is 25.3 Å². The van der Waals surface area contributed by atoms with E-state index in [1.165, 1.54) is 58.3 Å². The summed E-state index contributed by atoms with van der Waals surface area (Å²) in [6.45, 7) is 10.9. The lowest BCUT2D eigenvalue weighted by Crippen LogP contribution is -2.83. The molecule has 4 aliphatic heterocycles. The summed E-state index contributed by atoms with van der Waals surface area (Å²) in [7, 11) is 0. The minimum atomic E-state index is -0.0213. The molecule has 0 spiro atoms. The zero-order valence-corrected chi connectivity index (χ0v) is 14.4. The van der Waals surface area contributed by atoms with Gasteiger partial charge in [-0.05, 0) is 25.7 Å². The van der Waals surface area contributed by atoms with Gasteiger partial charge in [0.15, 0.2) is 5.79 Å². The molecule has 4 saturated heterocycles. The maximum Gasteiger partial charge on any atom is 0.158 e. The fourth-order valence-corrected chi connectivity index (χ4v) is 4.98. The zero-order valence-electron chi connectivity index (χ0n) is 14.4. The standard InChI is InChI=1S/C17H33N5O/c1-2-8-21(9-3-1)17(22-10-4-5-11-22)16(18-6-7-19-17)20-12-14-23-15-13-20/h16,18-19H,1-15H2. The molecule has 2 unspecified atom stereocenters. The van der Waals surface area contributed by atoms with Gasteiger partial charge in [-0.15, -0.1) is 0 Å². The number of nitrogens with zero attached hydrogens (tertiary/aromatic N) is 3.